The number of hydrogen-bond donors (Lipinski definition) is 2. The van der Waals surface area contributed by atoms with Crippen LogP contribution in [0.5, 0.6) is 0 Å². The van der Waals surface area contributed by atoms with E-state index in [-0.39, 0.29) is 11.9 Å². The van der Waals surface area contributed by atoms with Crippen LogP contribution >= 0.6 is 11.6 Å². The van der Waals surface area contributed by atoms with Gasteiger partial charge in [-0.05, 0) is 25.1 Å². The van der Waals surface area contributed by atoms with Crippen molar-refractivity contribution in [2.45, 2.75) is 19.5 Å². The van der Waals surface area contributed by atoms with Crippen LogP contribution < -0.4 is 5.32 Å². The van der Waals surface area contributed by atoms with Gasteiger partial charge in [-0.1, -0.05) is 11.6 Å². The van der Waals surface area contributed by atoms with Gasteiger partial charge in [0.15, 0.2) is 0 Å². The summed E-state index contributed by atoms with van der Waals surface area (Å²) in [6, 6.07) is 4.56. The van der Waals surface area contributed by atoms with E-state index in [1.165, 1.54) is 12.1 Å². The van der Waals surface area contributed by atoms with E-state index in [2.05, 4.69) is 15.3 Å². The standard InChI is InChI=1S/C12H13ClFN3/c1-8(12-15-4-5-16-12)17-7-9-6-10(13)2-3-11(9)14/h2-6,8,17H,7H2,1H3,(H,15,16). The summed E-state index contributed by atoms with van der Waals surface area (Å²) in [4.78, 5) is 7.14. The molecule has 2 N–H and O–H groups in total. The van der Waals surface area contributed by atoms with Crippen LogP contribution in [0, 0.1) is 5.82 Å². The summed E-state index contributed by atoms with van der Waals surface area (Å²) in [6.45, 7) is 2.37. The van der Waals surface area contributed by atoms with Crippen LogP contribution in [-0.4, -0.2) is 9.97 Å². The van der Waals surface area contributed by atoms with Gasteiger partial charge in [0.2, 0.25) is 0 Å². The lowest BCUT2D eigenvalue weighted by Crippen LogP contribution is -2.19. The Kier molecular flexibility index (Phi) is 3.76. The number of nitrogens with zero attached hydrogens (tertiary/aromatic N) is 1. The predicted molar refractivity (Wildman–Crippen MR) is 65.3 cm³/mol. The Balaban J connectivity index is 2.00. The minimum absolute atomic E-state index is 0.0309. The molecular weight excluding hydrogens is 241 g/mol. The lowest BCUT2D eigenvalue weighted by molar-refractivity contribution is 0.529. The summed E-state index contributed by atoms with van der Waals surface area (Å²) >= 11 is 5.82. The maximum absolute atomic E-state index is 13.4. The van der Waals surface area contributed by atoms with Gasteiger partial charge in [-0.2, -0.15) is 0 Å². The van der Waals surface area contributed by atoms with E-state index < -0.39 is 0 Å². The Labute approximate surface area is 104 Å². The highest BCUT2D eigenvalue weighted by Crippen LogP contribution is 2.16. The highest BCUT2D eigenvalue weighted by atomic mass is 35.5. The Bertz CT molecular complexity index is 485. The molecule has 1 unspecified atom stereocenters. The van der Waals surface area contributed by atoms with Gasteiger partial charge in [-0.3, -0.25) is 0 Å². The average molecular weight is 254 g/mol. The zero-order valence-corrected chi connectivity index (χ0v) is 10.1. The van der Waals surface area contributed by atoms with Gasteiger partial charge in [0, 0.05) is 29.5 Å². The largest absolute Gasteiger partial charge is 0.347 e. The molecule has 0 spiro atoms. The first-order valence-corrected chi connectivity index (χ1v) is 5.71. The lowest BCUT2D eigenvalue weighted by atomic mass is 10.2. The van der Waals surface area contributed by atoms with Crippen LogP contribution in [0.3, 0.4) is 0 Å². The topological polar surface area (TPSA) is 40.7 Å². The smallest absolute Gasteiger partial charge is 0.127 e. The van der Waals surface area contributed by atoms with Crippen LogP contribution in [0.1, 0.15) is 24.4 Å². The maximum atomic E-state index is 13.4. The maximum Gasteiger partial charge on any atom is 0.127 e. The normalized spacial score (nSPS) is 12.6. The van der Waals surface area contributed by atoms with Crippen LogP contribution in [0.25, 0.3) is 0 Å². The van der Waals surface area contributed by atoms with Crippen molar-refractivity contribution in [2.24, 2.45) is 0 Å². The molecule has 2 aromatic rings. The third kappa shape index (κ3) is 3.05. The number of nitrogens with one attached hydrogen (secondary N) is 2. The summed E-state index contributed by atoms with van der Waals surface area (Å²) < 4.78 is 13.4. The molecule has 0 saturated carbocycles. The molecule has 17 heavy (non-hydrogen) atoms. The van der Waals surface area contributed by atoms with Crippen LogP contribution in [0.4, 0.5) is 4.39 Å². The molecule has 0 aliphatic rings. The number of imidazole rings is 1. The SMILES string of the molecule is CC(NCc1cc(Cl)ccc1F)c1ncc[nH]1. The minimum atomic E-state index is -0.256. The number of rotatable bonds is 4. The summed E-state index contributed by atoms with van der Waals surface area (Å²) in [6.07, 6.45) is 3.45. The summed E-state index contributed by atoms with van der Waals surface area (Å²) in [5, 5.41) is 3.71. The molecule has 1 atom stereocenters. The van der Waals surface area contributed by atoms with Gasteiger partial charge < -0.3 is 10.3 Å². The molecule has 90 valence electrons. The van der Waals surface area contributed by atoms with Crippen molar-refractivity contribution in [1.82, 2.24) is 15.3 Å². The molecule has 0 aliphatic heterocycles. The quantitative estimate of drug-likeness (QED) is 0.879. The number of aromatic nitrogens is 2. The zero-order valence-electron chi connectivity index (χ0n) is 9.37. The zero-order chi connectivity index (χ0) is 12.3. The fraction of sp³-hybridized carbons (Fsp3) is 0.250. The monoisotopic (exact) mass is 253 g/mol. The van der Waals surface area contributed by atoms with E-state index in [1.54, 1.807) is 18.5 Å². The highest BCUT2D eigenvalue weighted by molar-refractivity contribution is 6.30. The van der Waals surface area contributed by atoms with Crippen molar-refractivity contribution in [3.8, 4) is 0 Å². The number of benzene rings is 1. The first-order valence-electron chi connectivity index (χ1n) is 5.33. The van der Waals surface area contributed by atoms with Crippen LogP contribution in [-0.2, 0) is 6.54 Å². The molecule has 2 rings (SSSR count). The lowest BCUT2D eigenvalue weighted by Gasteiger charge is -2.12. The van der Waals surface area contributed by atoms with Crippen molar-refractivity contribution in [2.75, 3.05) is 0 Å². The van der Waals surface area contributed by atoms with Gasteiger partial charge in [0.25, 0.3) is 0 Å². The summed E-state index contributed by atoms with van der Waals surface area (Å²) in [5.74, 6) is 0.570. The van der Waals surface area contributed by atoms with E-state index >= 15 is 0 Å². The fourth-order valence-corrected chi connectivity index (χ4v) is 1.75. The molecule has 0 saturated heterocycles. The van der Waals surface area contributed by atoms with Crippen molar-refractivity contribution in [3.05, 3.63) is 52.8 Å². The summed E-state index contributed by atoms with van der Waals surface area (Å²) in [5.41, 5.74) is 0.552. The molecule has 3 nitrogen and oxygen atoms in total. The van der Waals surface area contributed by atoms with Crippen LogP contribution in [0.2, 0.25) is 5.02 Å². The summed E-state index contributed by atoms with van der Waals surface area (Å²) in [7, 11) is 0. The van der Waals surface area contributed by atoms with E-state index in [0.717, 1.165) is 5.82 Å². The number of H-pyrrole nitrogens is 1. The first kappa shape index (κ1) is 12.1. The third-order valence-electron chi connectivity index (χ3n) is 2.54. The Morgan fingerprint density at radius 2 is 2.35 bits per heavy atom. The van der Waals surface area contributed by atoms with Crippen molar-refractivity contribution >= 4 is 11.6 Å². The Morgan fingerprint density at radius 1 is 1.53 bits per heavy atom. The average Bonchev–Trinajstić information content (AvgIpc) is 2.83. The van der Waals surface area contributed by atoms with Gasteiger partial charge in [-0.15, -0.1) is 0 Å². The van der Waals surface area contributed by atoms with E-state index in [4.69, 9.17) is 11.6 Å². The number of aromatic amines is 1. The number of hydrogen-bond acceptors (Lipinski definition) is 2. The van der Waals surface area contributed by atoms with Gasteiger partial charge in [0.1, 0.15) is 11.6 Å². The Morgan fingerprint density at radius 3 is 3.06 bits per heavy atom. The second-order valence-electron chi connectivity index (χ2n) is 3.81. The molecule has 0 radical (unpaired) electrons. The molecule has 1 aromatic heterocycles. The van der Waals surface area contributed by atoms with E-state index in [9.17, 15) is 4.39 Å². The first-order chi connectivity index (χ1) is 8.16. The predicted octanol–water partition coefficient (Wildman–Crippen LogP) is 3.05. The molecule has 0 amide bonds. The van der Waals surface area contributed by atoms with E-state index in [0.29, 0.717) is 17.1 Å². The highest BCUT2D eigenvalue weighted by Gasteiger charge is 2.08. The fourth-order valence-electron chi connectivity index (χ4n) is 1.55. The molecule has 5 heteroatoms. The van der Waals surface area contributed by atoms with Gasteiger partial charge >= 0.3 is 0 Å². The van der Waals surface area contributed by atoms with Crippen molar-refractivity contribution in [3.63, 3.8) is 0 Å². The molecule has 0 aliphatic carbocycles. The van der Waals surface area contributed by atoms with Gasteiger partial charge in [-0.25, -0.2) is 9.37 Å². The van der Waals surface area contributed by atoms with Gasteiger partial charge in [0.05, 0.1) is 6.04 Å². The molecule has 1 heterocycles. The van der Waals surface area contributed by atoms with Crippen LogP contribution in [0.15, 0.2) is 30.6 Å². The molecule has 0 fully saturated rings. The number of halogens is 2. The second-order valence-corrected chi connectivity index (χ2v) is 4.25. The molecule has 0 bridgehead atoms. The van der Waals surface area contributed by atoms with E-state index in [1.807, 2.05) is 6.92 Å². The Hall–Kier alpha value is -1.39. The van der Waals surface area contributed by atoms with Crippen molar-refractivity contribution < 1.29 is 4.39 Å². The van der Waals surface area contributed by atoms with Crippen molar-refractivity contribution in [1.29, 1.82) is 0 Å². The molecular formula is C12H13ClFN3. The molecule has 1 aromatic carbocycles. The third-order valence-corrected chi connectivity index (χ3v) is 2.77. The minimum Gasteiger partial charge on any atom is -0.347 e. The second kappa shape index (κ2) is 5.29.